The Morgan fingerprint density at radius 1 is 1.50 bits per heavy atom. The van der Waals surface area contributed by atoms with Crippen LogP contribution < -0.4 is 5.32 Å². The minimum Gasteiger partial charge on any atom is -0.396 e. The van der Waals surface area contributed by atoms with Gasteiger partial charge in [0.1, 0.15) is 0 Å². The molecule has 0 aliphatic rings. The van der Waals surface area contributed by atoms with Crippen molar-refractivity contribution in [3.8, 4) is 0 Å². The Balaban J connectivity index is 2.32. The van der Waals surface area contributed by atoms with E-state index in [4.69, 9.17) is 5.11 Å². The predicted octanol–water partition coefficient (Wildman–Crippen LogP) is 1.43. The number of aromatic nitrogens is 3. The minimum absolute atomic E-state index is 0.0672. The summed E-state index contributed by atoms with van der Waals surface area (Å²) in [7, 11) is 0. The van der Waals surface area contributed by atoms with Crippen LogP contribution in [0.5, 0.6) is 0 Å². The van der Waals surface area contributed by atoms with Gasteiger partial charge in [0.15, 0.2) is 5.65 Å². The molecule has 2 aromatic heterocycles. The predicted molar refractivity (Wildman–Crippen MR) is 76.7 cm³/mol. The van der Waals surface area contributed by atoms with Crippen LogP contribution in [0.3, 0.4) is 0 Å². The Hall–Kier alpha value is -1.95. The van der Waals surface area contributed by atoms with E-state index in [0.29, 0.717) is 24.2 Å². The van der Waals surface area contributed by atoms with Gasteiger partial charge in [-0.3, -0.25) is 4.79 Å². The molecule has 2 rings (SSSR count). The zero-order valence-electron chi connectivity index (χ0n) is 12.1. The van der Waals surface area contributed by atoms with Crippen LogP contribution in [0, 0.1) is 6.92 Å². The molecule has 6 nitrogen and oxygen atoms in total. The van der Waals surface area contributed by atoms with Gasteiger partial charge in [0, 0.05) is 24.6 Å². The first kappa shape index (κ1) is 14.5. The third-order valence-electron chi connectivity index (χ3n) is 3.11. The number of hydrogen-bond donors (Lipinski definition) is 2. The number of carbonyl (C=O) groups is 1. The van der Waals surface area contributed by atoms with E-state index in [-0.39, 0.29) is 18.6 Å². The van der Waals surface area contributed by atoms with E-state index in [1.807, 2.05) is 31.5 Å². The summed E-state index contributed by atoms with van der Waals surface area (Å²) >= 11 is 0. The molecule has 0 fully saturated rings. The van der Waals surface area contributed by atoms with Gasteiger partial charge in [-0.05, 0) is 33.3 Å². The van der Waals surface area contributed by atoms with Crippen LogP contribution in [0.4, 0.5) is 0 Å². The lowest BCUT2D eigenvalue weighted by Crippen LogP contribution is -2.26. The molecular weight excluding hydrogens is 256 g/mol. The largest absolute Gasteiger partial charge is 0.396 e. The van der Waals surface area contributed by atoms with E-state index >= 15 is 0 Å². The number of carbonyl (C=O) groups excluding carboxylic acids is 1. The van der Waals surface area contributed by atoms with Crippen molar-refractivity contribution < 1.29 is 9.90 Å². The second-order valence-corrected chi connectivity index (χ2v) is 5.05. The maximum atomic E-state index is 12.1. The van der Waals surface area contributed by atoms with Gasteiger partial charge in [-0.15, -0.1) is 0 Å². The summed E-state index contributed by atoms with van der Waals surface area (Å²) in [6.45, 7) is 6.42. The standard InChI is InChI=1S/C14H20N4O2/c1-9(2)18-13-11(8-16-18)7-12(10(3)17-13)14(20)15-5-4-6-19/h7-9,19H,4-6H2,1-3H3,(H,15,20). The molecule has 2 N–H and O–H groups in total. The number of amides is 1. The highest BCUT2D eigenvalue weighted by Crippen LogP contribution is 2.19. The molecule has 0 saturated carbocycles. The summed E-state index contributed by atoms with van der Waals surface area (Å²) < 4.78 is 1.84. The minimum atomic E-state index is -0.164. The van der Waals surface area contributed by atoms with E-state index in [1.54, 1.807) is 6.20 Å². The average molecular weight is 276 g/mol. The van der Waals surface area contributed by atoms with Crippen molar-refractivity contribution in [2.75, 3.05) is 13.2 Å². The summed E-state index contributed by atoms with van der Waals surface area (Å²) in [6.07, 6.45) is 2.28. The fourth-order valence-electron chi connectivity index (χ4n) is 2.05. The smallest absolute Gasteiger partial charge is 0.253 e. The molecule has 0 aliphatic heterocycles. The molecule has 0 spiro atoms. The third kappa shape index (κ3) is 2.80. The first-order chi connectivity index (χ1) is 9.54. The number of nitrogens with one attached hydrogen (secondary N) is 1. The van der Waals surface area contributed by atoms with Gasteiger partial charge in [0.2, 0.25) is 0 Å². The normalized spacial score (nSPS) is 11.2. The molecule has 2 aromatic rings. The van der Waals surface area contributed by atoms with E-state index in [1.165, 1.54) is 0 Å². The van der Waals surface area contributed by atoms with Crippen LogP contribution in [0.15, 0.2) is 12.3 Å². The van der Waals surface area contributed by atoms with Crippen LogP contribution in [0.2, 0.25) is 0 Å². The Kier molecular flexibility index (Phi) is 4.34. The molecule has 2 heterocycles. The van der Waals surface area contributed by atoms with E-state index < -0.39 is 0 Å². The zero-order valence-corrected chi connectivity index (χ0v) is 12.1. The molecule has 20 heavy (non-hydrogen) atoms. The Morgan fingerprint density at radius 3 is 2.90 bits per heavy atom. The first-order valence-electron chi connectivity index (χ1n) is 6.78. The molecule has 0 saturated heterocycles. The molecule has 108 valence electrons. The topological polar surface area (TPSA) is 80.0 Å². The lowest BCUT2D eigenvalue weighted by Gasteiger charge is -2.09. The molecule has 0 bridgehead atoms. The van der Waals surface area contributed by atoms with Gasteiger partial charge in [-0.2, -0.15) is 5.10 Å². The molecule has 6 heteroatoms. The highest BCUT2D eigenvalue weighted by atomic mass is 16.3. The maximum absolute atomic E-state index is 12.1. The fourth-order valence-corrected chi connectivity index (χ4v) is 2.05. The van der Waals surface area contributed by atoms with Crippen molar-refractivity contribution in [3.05, 3.63) is 23.5 Å². The lowest BCUT2D eigenvalue weighted by atomic mass is 10.1. The molecule has 0 aliphatic carbocycles. The maximum Gasteiger partial charge on any atom is 0.253 e. The second-order valence-electron chi connectivity index (χ2n) is 5.05. The van der Waals surface area contributed by atoms with E-state index in [0.717, 1.165) is 11.0 Å². The van der Waals surface area contributed by atoms with E-state index in [2.05, 4.69) is 15.4 Å². The van der Waals surface area contributed by atoms with Gasteiger partial charge in [0.25, 0.3) is 5.91 Å². The number of aliphatic hydroxyl groups is 1. The Morgan fingerprint density at radius 2 is 2.25 bits per heavy atom. The number of pyridine rings is 1. The average Bonchev–Trinajstić information content (AvgIpc) is 2.80. The quantitative estimate of drug-likeness (QED) is 0.810. The van der Waals surface area contributed by atoms with Crippen molar-refractivity contribution in [2.24, 2.45) is 0 Å². The number of aliphatic hydroxyl groups excluding tert-OH is 1. The van der Waals surface area contributed by atoms with Crippen LogP contribution in [0.25, 0.3) is 11.0 Å². The Labute approximate surface area is 117 Å². The monoisotopic (exact) mass is 276 g/mol. The summed E-state index contributed by atoms with van der Waals surface area (Å²) in [4.78, 5) is 16.6. The zero-order chi connectivity index (χ0) is 14.7. The fraction of sp³-hybridized carbons (Fsp3) is 0.500. The summed E-state index contributed by atoms with van der Waals surface area (Å²) in [6, 6.07) is 2.04. The van der Waals surface area contributed by atoms with Crippen molar-refractivity contribution in [2.45, 2.75) is 33.2 Å². The van der Waals surface area contributed by atoms with Crippen LogP contribution >= 0.6 is 0 Å². The second kappa shape index (κ2) is 6.00. The van der Waals surface area contributed by atoms with Gasteiger partial charge < -0.3 is 10.4 Å². The summed E-state index contributed by atoms with van der Waals surface area (Å²) in [5.41, 5.74) is 2.03. The van der Waals surface area contributed by atoms with Gasteiger partial charge in [0.05, 0.1) is 17.5 Å². The molecule has 0 aromatic carbocycles. The van der Waals surface area contributed by atoms with Crippen LogP contribution in [-0.4, -0.2) is 38.9 Å². The number of fused-ring (bicyclic) bond motifs is 1. The van der Waals surface area contributed by atoms with Gasteiger partial charge in [-0.25, -0.2) is 9.67 Å². The number of nitrogens with zero attached hydrogens (tertiary/aromatic N) is 3. The molecule has 1 amide bonds. The Bertz CT molecular complexity index is 619. The molecule has 0 radical (unpaired) electrons. The van der Waals surface area contributed by atoms with Crippen molar-refractivity contribution >= 4 is 16.9 Å². The van der Waals surface area contributed by atoms with Gasteiger partial charge >= 0.3 is 0 Å². The third-order valence-corrected chi connectivity index (χ3v) is 3.11. The highest BCUT2D eigenvalue weighted by Gasteiger charge is 2.14. The number of hydrogen-bond acceptors (Lipinski definition) is 4. The summed E-state index contributed by atoms with van der Waals surface area (Å²) in [5, 5.41) is 16.7. The van der Waals surface area contributed by atoms with E-state index in [9.17, 15) is 4.79 Å². The first-order valence-corrected chi connectivity index (χ1v) is 6.78. The van der Waals surface area contributed by atoms with Crippen LogP contribution in [0.1, 0.15) is 42.4 Å². The molecule has 0 unspecified atom stereocenters. The number of rotatable bonds is 5. The van der Waals surface area contributed by atoms with Crippen LogP contribution in [-0.2, 0) is 0 Å². The SMILES string of the molecule is Cc1nc2c(cnn2C(C)C)cc1C(=O)NCCCO. The van der Waals surface area contributed by atoms with Crippen molar-refractivity contribution in [1.82, 2.24) is 20.1 Å². The van der Waals surface area contributed by atoms with Crippen molar-refractivity contribution in [3.63, 3.8) is 0 Å². The number of aryl methyl sites for hydroxylation is 1. The molecule has 0 atom stereocenters. The lowest BCUT2D eigenvalue weighted by molar-refractivity contribution is 0.0950. The summed E-state index contributed by atoms with van der Waals surface area (Å²) in [5.74, 6) is -0.164. The molecular formula is C14H20N4O2. The van der Waals surface area contributed by atoms with Gasteiger partial charge in [-0.1, -0.05) is 0 Å². The van der Waals surface area contributed by atoms with Crippen molar-refractivity contribution in [1.29, 1.82) is 0 Å². The highest BCUT2D eigenvalue weighted by molar-refractivity contribution is 5.98.